The fourth-order valence-electron chi connectivity index (χ4n) is 3.36. The molecular weight excluding hydrogens is 480 g/mol. The van der Waals surface area contributed by atoms with E-state index in [2.05, 4.69) is 10.1 Å². The molecule has 0 atom stereocenters. The average molecular weight is 507 g/mol. The van der Waals surface area contributed by atoms with Gasteiger partial charge < -0.3 is 14.2 Å². The number of hydrogen-bond donors (Lipinski definition) is 0. The van der Waals surface area contributed by atoms with Gasteiger partial charge in [0.25, 0.3) is 0 Å². The summed E-state index contributed by atoms with van der Waals surface area (Å²) < 4.78 is 36.4. The molecule has 1 heterocycles. The molecule has 0 aliphatic carbocycles. The van der Waals surface area contributed by atoms with Crippen LogP contribution < -0.4 is 9.04 Å². The zero-order valence-corrected chi connectivity index (χ0v) is 21.1. The van der Waals surface area contributed by atoms with E-state index in [0.717, 1.165) is 17.6 Å². The second-order valence-electron chi connectivity index (χ2n) is 7.81. The molecule has 0 aliphatic rings. The molecule has 11 heteroatoms. The molecule has 0 fully saturated rings. The Labute approximate surface area is 204 Å². The Kier molecular flexibility index (Phi) is 8.16. The minimum absolute atomic E-state index is 0.144. The molecule has 0 bridgehead atoms. The third-order valence-corrected chi connectivity index (χ3v) is 6.86. The van der Waals surface area contributed by atoms with E-state index < -0.39 is 10.0 Å². The molecule has 0 unspecified atom stereocenters. The van der Waals surface area contributed by atoms with E-state index in [1.165, 1.54) is 9.21 Å². The van der Waals surface area contributed by atoms with Crippen molar-refractivity contribution >= 4 is 33.2 Å². The minimum atomic E-state index is -3.54. The largest absolute Gasteiger partial charge is 0.497 e. The van der Waals surface area contributed by atoms with Gasteiger partial charge in [-0.15, -0.1) is 0 Å². The highest BCUT2D eigenvalue weighted by Crippen LogP contribution is 2.28. The Hall–Kier alpha value is -3.11. The van der Waals surface area contributed by atoms with Crippen molar-refractivity contribution in [3.05, 3.63) is 58.9 Å². The highest BCUT2D eigenvalue weighted by atomic mass is 35.5. The van der Waals surface area contributed by atoms with Gasteiger partial charge in [0.2, 0.25) is 27.6 Å². The zero-order chi connectivity index (χ0) is 24.9. The predicted molar refractivity (Wildman–Crippen MR) is 130 cm³/mol. The number of amides is 1. The lowest BCUT2D eigenvalue weighted by Crippen LogP contribution is -2.33. The molecule has 0 aliphatic heterocycles. The quantitative estimate of drug-likeness (QED) is 0.410. The monoisotopic (exact) mass is 506 g/mol. The van der Waals surface area contributed by atoms with E-state index in [1.807, 2.05) is 12.1 Å². The maximum Gasteiger partial charge on any atom is 0.246 e. The average Bonchev–Trinajstić information content (AvgIpc) is 3.26. The Bertz CT molecular complexity index is 1240. The van der Waals surface area contributed by atoms with Crippen LogP contribution in [0.15, 0.2) is 47.0 Å². The number of rotatable bonds is 10. The van der Waals surface area contributed by atoms with Crippen molar-refractivity contribution < 1.29 is 22.5 Å². The third kappa shape index (κ3) is 6.27. The maximum absolute atomic E-state index is 12.6. The molecule has 0 N–H and O–H groups in total. The fraction of sp³-hybridized carbons (Fsp3) is 0.348. The van der Waals surface area contributed by atoms with Crippen molar-refractivity contribution in [1.29, 1.82) is 0 Å². The fourth-order valence-corrected chi connectivity index (χ4v) is 4.55. The van der Waals surface area contributed by atoms with Crippen molar-refractivity contribution in [2.24, 2.45) is 0 Å². The first-order valence-electron chi connectivity index (χ1n) is 10.5. The minimum Gasteiger partial charge on any atom is -0.497 e. The Morgan fingerprint density at radius 2 is 1.88 bits per heavy atom. The number of carbonyl (C=O) groups excluding carboxylic acids is 1. The van der Waals surface area contributed by atoms with Crippen molar-refractivity contribution in [3.63, 3.8) is 0 Å². The predicted octanol–water partition coefficient (Wildman–Crippen LogP) is 3.91. The lowest BCUT2D eigenvalue weighted by atomic mass is 10.2. The van der Waals surface area contributed by atoms with Gasteiger partial charge in [-0.3, -0.25) is 9.10 Å². The Balaban J connectivity index is 1.58. The van der Waals surface area contributed by atoms with Crippen molar-refractivity contribution in [2.75, 3.05) is 31.3 Å². The van der Waals surface area contributed by atoms with Crippen LogP contribution >= 0.6 is 11.6 Å². The molecule has 3 rings (SSSR count). The van der Waals surface area contributed by atoms with Crippen LogP contribution in [-0.4, -0.2) is 56.3 Å². The van der Waals surface area contributed by atoms with E-state index in [9.17, 15) is 13.2 Å². The van der Waals surface area contributed by atoms with Crippen LogP contribution in [0.1, 0.15) is 24.3 Å². The van der Waals surface area contributed by atoms with Gasteiger partial charge in [0.05, 0.1) is 25.6 Å². The van der Waals surface area contributed by atoms with Crippen LogP contribution in [-0.2, 0) is 21.4 Å². The topological polar surface area (TPSA) is 106 Å². The van der Waals surface area contributed by atoms with Crippen molar-refractivity contribution in [1.82, 2.24) is 15.0 Å². The molecule has 1 amide bonds. The number of halogens is 1. The summed E-state index contributed by atoms with van der Waals surface area (Å²) in [7, 11) is -0.321. The lowest BCUT2D eigenvalue weighted by molar-refractivity contribution is -0.130. The molecule has 0 saturated carbocycles. The molecule has 34 heavy (non-hydrogen) atoms. The van der Waals surface area contributed by atoms with E-state index in [-0.39, 0.29) is 25.4 Å². The summed E-state index contributed by atoms with van der Waals surface area (Å²) in [4.78, 5) is 18.4. The second-order valence-corrected chi connectivity index (χ2v) is 10.1. The van der Waals surface area contributed by atoms with Crippen LogP contribution in [0.5, 0.6) is 5.75 Å². The molecule has 0 saturated heterocycles. The third-order valence-electron chi connectivity index (χ3n) is 5.27. The summed E-state index contributed by atoms with van der Waals surface area (Å²) in [5.74, 6) is 1.27. The number of methoxy groups -OCH3 is 1. The first kappa shape index (κ1) is 25.5. The molecular formula is C23H27ClN4O5S. The number of aromatic nitrogens is 2. The summed E-state index contributed by atoms with van der Waals surface area (Å²) in [6.07, 6.45) is 1.63. The lowest BCUT2D eigenvalue weighted by Gasteiger charge is -2.25. The molecule has 3 aromatic rings. The molecule has 182 valence electrons. The number of carbonyl (C=O) groups is 1. The van der Waals surface area contributed by atoms with Gasteiger partial charge in [0, 0.05) is 30.6 Å². The molecule has 2 aromatic carbocycles. The van der Waals surface area contributed by atoms with Gasteiger partial charge >= 0.3 is 0 Å². The van der Waals surface area contributed by atoms with Crippen LogP contribution in [0.2, 0.25) is 5.02 Å². The number of anilines is 1. The number of benzene rings is 2. The van der Waals surface area contributed by atoms with Crippen molar-refractivity contribution in [3.8, 4) is 17.1 Å². The van der Waals surface area contributed by atoms with Crippen LogP contribution in [0, 0.1) is 6.92 Å². The molecule has 9 nitrogen and oxygen atoms in total. The Morgan fingerprint density at radius 1 is 1.18 bits per heavy atom. The summed E-state index contributed by atoms with van der Waals surface area (Å²) in [5.41, 5.74) is 1.94. The summed E-state index contributed by atoms with van der Waals surface area (Å²) in [6, 6.07) is 12.3. The van der Waals surface area contributed by atoms with E-state index in [1.54, 1.807) is 51.4 Å². The summed E-state index contributed by atoms with van der Waals surface area (Å²) in [5, 5.41) is 4.45. The number of sulfonamides is 1. The smallest absolute Gasteiger partial charge is 0.246 e. The molecule has 1 aromatic heterocycles. The van der Waals surface area contributed by atoms with Gasteiger partial charge in [-0.25, -0.2) is 8.42 Å². The SMILES string of the molecule is COc1ccc(-c2noc(CN(C)C(=O)CCCN(c3cccc(Cl)c3C)S(C)(=O)=O)n2)cc1. The van der Waals surface area contributed by atoms with Gasteiger partial charge in [-0.1, -0.05) is 22.8 Å². The standard InChI is InChI=1S/C23H27ClN4O5S/c1-16-19(24)7-5-8-20(16)28(34(4,30)31)14-6-9-22(29)27(2)15-21-25-23(26-33-21)17-10-12-18(32-3)13-11-17/h5,7-8,10-13H,6,9,14-15H2,1-4H3. The zero-order valence-electron chi connectivity index (χ0n) is 19.5. The second kappa shape index (κ2) is 10.9. The van der Waals surface area contributed by atoms with Crippen LogP contribution in [0.3, 0.4) is 0 Å². The van der Waals surface area contributed by atoms with Gasteiger partial charge in [0.1, 0.15) is 5.75 Å². The summed E-state index contributed by atoms with van der Waals surface area (Å²) >= 11 is 6.16. The van der Waals surface area contributed by atoms with Crippen LogP contribution in [0.25, 0.3) is 11.4 Å². The maximum atomic E-state index is 12.6. The molecule has 0 spiro atoms. The normalized spacial score (nSPS) is 11.3. The summed E-state index contributed by atoms with van der Waals surface area (Å²) in [6.45, 7) is 2.06. The van der Waals surface area contributed by atoms with Gasteiger partial charge in [0.15, 0.2) is 0 Å². The number of ether oxygens (including phenoxy) is 1. The van der Waals surface area contributed by atoms with E-state index in [0.29, 0.717) is 34.4 Å². The van der Waals surface area contributed by atoms with E-state index in [4.69, 9.17) is 20.9 Å². The van der Waals surface area contributed by atoms with Gasteiger partial charge in [-0.05, 0) is 55.3 Å². The van der Waals surface area contributed by atoms with Crippen molar-refractivity contribution in [2.45, 2.75) is 26.3 Å². The first-order chi connectivity index (χ1) is 16.1. The number of hydrogen-bond acceptors (Lipinski definition) is 7. The highest BCUT2D eigenvalue weighted by Gasteiger charge is 2.21. The van der Waals surface area contributed by atoms with Crippen LogP contribution in [0.4, 0.5) is 5.69 Å². The first-order valence-corrected chi connectivity index (χ1v) is 12.8. The molecule has 0 radical (unpaired) electrons. The Morgan fingerprint density at radius 3 is 2.53 bits per heavy atom. The number of nitrogens with zero attached hydrogens (tertiary/aromatic N) is 4. The highest BCUT2D eigenvalue weighted by molar-refractivity contribution is 7.92. The van der Waals surface area contributed by atoms with Gasteiger partial charge in [-0.2, -0.15) is 4.98 Å². The van der Waals surface area contributed by atoms with E-state index >= 15 is 0 Å².